The first kappa shape index (κ1) is 15.5. The Morgan fingerprint density at radius 1 is 1.17 bits per heavy atom. The van der Waals surface area contributed by atoms with Crippen LogP contribution in [-0.4, -0.2) is 5.97 Å². The van der Waals surface area contributed by atoms with Crippen molar-refractivity contribution in [3.63, 3.8) is 0 Å². The molecule has 3 rings (SSSR count). The van der Waals surface area contributed by atoms with Gasteiger partial charge in [-0.1, -0.05) is 23.8 Å². The SMILES string of the molecule is Cc1ccc2oc(C(=O)OCc3ccc(C#N)cc3)cc(=O)c2c1. The number of benzene rings is 2. The Labute approximate surface area is 137 Å². The minimum atomic E-state index is -0.709. The highest BCUT2D eigenvalue weighted by Crippen LogP contribution is 2.15. The van der Waals surface area contributed by atoms with E-state index in [-0.39, 0.29) is 17.8 Å². The van der Waals surface area contributed by atoms with Crippen LogP contribution in [0.1, 0.15) is 27.2 Å². The molecule has 0 aliphatic carbocycles. The number of hydrogen-bond acceptors (Lipinski definition) is 5. The van der Waals surface area contributed by atoms with Crippen molar-refractivity contribution >= 4 is 16.9 Å². The van der Waals surface area contributed by atoms with Gasteiger partial charge in [-0.15, -0.1) is 0 Å². The Balaban J connectivity index is 1.79. The molecule has 3 aromatic rings. The monoisotopic (exact) mass is 319 g/mol. The highest BCUT2D eigenvalue weighted by atomic mass is 16.5. The predicted octanol–water partition coefficient (Wildman–Crippen LogP) is 3.33. The molecule has 0 aliphatic rings. The van der Waals surface area contributed by atoms with Crippen LogP contribution in [0.4, 0.5) is 0 Å². The van der Waals surface area contributed by atoms with Crippen molar-refractivity contribution in [2.75, 3.05) is 0 Å². The van der Waals surface area contributed by atoms with Crippen LogP contribution >= 0.6 is 0 Å². The lowest BCUT2D eigenvalue weighted by atomic mass is 10.1. The Hall–Kier alpha value is -3.39. The topological polar surface area (TPSA) is 80.3 Å². The third-order valence-electron chi connectivity index (χ3n) is 3.54. The minimum absolute atomic E-state index is 0.0280. The number of esters is 1. The number of nitriles is 1. The molecule has 5 heteroatoms. The average molecular weight is 319 g/mol. The maximum absolute atomic E-state index is 12.1. The summed E-state index contributed by atoms with van der Waals surface area (Å²) in [6, 6.07) is 15.0. The fourth-order valence-corrected chi connectivity index (χ4v) is 2.27. The number of carbonyl (C=O) groups is 1. The van der Waals surface area contributed by atoms with Crippen LogP contribution in [0.5, 0.6) is 0 Å². The first-order chi connectivity index (χ1) is 11.6. The van der Waals surface area contributed by atoms with Crippen LogP contribution in [0.3, 0.4) is 0 Å². The zero-order valence-corrected chi connectivity index (χ0v) is 12.9. The summed E-state index contributed by atoms with van der Waals surface area (Å²) in [4.78, 5) is 24.2. The molecule has 118 valence electrons. The van der Waals surface area contributed by atoms with Crippen LogP contribution < -0.4 is 5.43 Å². The number of ether oxygens (including phenoxy) is 1. The molecule has 0 amide bonds. The quantitative estimate of drug-likeness (QED) is 0.692. The van der Waals surface area contributed by atoms with Gasteiger partial charge in [0.25, 0.3) is 0 Å². The summed E-state index contributed by atoms with van der Waals surface area (Å²) in [5, 5.41) is 9.18. The molecular weight excluding hydrogens is 306 g/mol. The summed E-state index contributed by atoms with van der Waals surface area (Å²) in [6.07, 6.45) is 0. The highest BCUT2D eigenvalue weighted by molar-refractivity contribution is 5.89. The summed E-state index contributed by atoms with van der Waals surface area (Å²) in [5.41, 5.74) is 2.26. The van der Waals surface area contributed by atoms with Crippen molar-refractivity contribution in [1.29, 1.82) is 5.26 Å². The molecular formula is C19H13NO4. The second-order valence-electron chi connectivity index (χ2n) is 5.36. The second kappa shape index (κ2) is 6.39. The zero-order chi connectivity index (χ0) is 17.1. The molecule has 1 aromatic heterocycles. The standard InChI is InChI=1S/C19H13NO4/c1-12-2-7-17-15(8-12)16(21)9-18(24-17)19(22)23-11-14-5-3-13(10-20)4-6-14/h2-9H,11H2,1H3. The predicted molar refractivity (Wildman–Crippen MR) is 87.5 cm³/mol. The number of rotatable bonds is 3. The zero-order valence-electron chi connectivity index (χ0n) is 12.9. The Morgan fingerprint density at radius 2 is 1.92 bits per heavy atom. The largest absolute Gasteiger partial charge is 0.455 e. The molecule has 24 heavy (non-hydrogen) atoms. The van der Waals surface area contributed by atoms with Crippen molar-refractivity contribution in [3.8, 4) is 6.07 Å². The van der Waals surface area contributed by atoms with Gasteiger partial charge in [0, 0.05) is 6.07 Å². The highest BCUT2D eigenvalue weighted by Gasteiger charge is 2.14. The molecule has 0 aliphatic heterocycles. The molecule has 0 N–H and O–H groups in total. The van der Waals surface area contributed by atoms with Crippen molar-refractivity contribution in [1.82, 2.24) is 0 Å². The Morgan fingerprint density at radius 3 is 2.62 bits per heavy atom. The minimum Gasteiger partial charge on any atom is -0.455 e. The molecule has 0 bridgehead atoms. The van der Waals surface area contributed by atoms with Crippen LogP contribution in [0.2, 0.25) is 0 Å². The molecule has 0 fully saturated rings. The van der Waals surface area contributed by atoms with Crippen LogP contribution in [0.15, 0.2) is 57.7 Å². The first-order valence-corrected chi connectivity index (χ1v) is 7.27. The van der Waals surface area contributed by atoms with Gasteiger partial charge in [0.1, 0.15) is 12.2 Å². The fraction of sp³-hybridized carbons (Fsp3) is 0.105. The maximum atomic E-state index is 12.1. The number of hydrogen-bond donors (Lipinski definition) is 0. The van der Waals surface area contributed by atoms with E-state index in [9.17, 15) is 9.59 Å². The van der Waals surface area contributed by atoms with E-state index in [1.165, 1.54) is 0 Å². The van der Waals surface area contributed by atoms with Gasteiger partial charge in [0.2, 0.25) is 5.76 Å². The van der Waals surface area contributed by atoms with E-state index in [2.05, 4.69) is 0 Å². The second-order valence-corrected chi connectivity index (χ2v) is 5.36. The summed E-state index contributed by atoms with van der Waals surface area (Å²) in [7, 11) is 0. The molecule has 5 nitrogen and oxygen atoms in total. The lowest BCUT2D eigenvalue weighted by Crippen LogP contribution is -2.10. The maximum Gasteiger partial charge on any atom is 0.374 e. The van der Waals surface area contributed by atoms with Gasteiger partial charge >= 0.3 is 5.97 Å². The number of carbonyl (C=O) groups excluding carboxylic acids is 1. The summed E-state index contributed by atoms with van der Waals surface area (Å²) >= 11 is 0. The molecule has 1 heterocycles. The Bertz CT molecular complexity index is 1010. The molecule has 0 spiro atoms. The van der Waals surface area contributed by atoms with Crippen LogP contribution in [-0.2, 0) is 11.3 Å². The van der Waals surface area contributed by atoms with Gasteiger partial charge in [-0.3, -0.25) is 4.79 Å². The first-order valence-electron chi connectivity index (χ1n) is 7.27. The van der Waals surface area contributed by atoms with E-state index in [1.54, 1.807) is 42.5 Å². The van der Waals surface area contributed by atoms with E-state index < -0.39 is 5.97 Å². The molecule has 0 saturated heterocycles. The summed E-state index contributed by atoms with van der Waals surface area (Å²) in [6.45, 7) is 1.90. The van der Waals surface area contributed by atoms with Gasteiger partial charge in [-0.05, 0) is 36.8 Å². The lowest BCUT2D eigenvalue weighted by Gasteiger charge is -2.05. The number of aryl methyl sites for hydroxylation is 1. The third-order valence-corrected chi connectivity index (χ3v) is 3.54. The van der Waals surface area contributed by atoms with E-state index in [1.807, 2.05) is 13.0 Å². The van der Waals surface area contributed by atoms with Crippen molar-refractivity contribution in [3.05, 3.63) is 81.2 Å². The molecule has 0 radical (unpaired) electrons. The summed E-state index contributed by atoms with van der Waals surface area (Å²) in [5.74, 6) is -0.844. The van der Waals surface area contributed by atoms with Gasteiger partial charge in [0.15, 0.2) is 5.43 Å². The molecule has 2 aromatic carbocycles. The van der Waals surface area contributed by atoms with Gasteiger partial charge in [-0.2, -0.15) is 5.26 Å². The van der Waals surface area contributed by atoms with E-state index in [4.69, 9.17) is 14.4 Å². The molecule has 0 atom stereocenters. The van der Waals surface area contributed by atoms with Crippen molar-refractivity contribution in [2.24, 2.45) is 0 Å². The van der Waals surface area contributed by atoms with Crippen molar-refractivity contribution in [2.45, 2.75) is 13.5 Å². The summed E-state index contributed by atoms with van der Waals surface area (Å²) < 4.78 is 10.6. The van der Waals surface area contributed by atoms with Gasteiger partial charge in [0.05, 0.1) is 17.0 Å². The van der Waals surface area contributed by atoms with Gasteiger partial charge in [-0.25, -0.2) is 4.79 Å². The Kier molecular flexibility index (Phi) is 4.13. The normalized spacial score (nSPS) is 10.3. The van der Waals surface area contributed by atoms with Crippen LogP contribution in [0, 0.1) is 18.3 Å². The van der Waals surface area contributed by atoms with Crippen LogP contribution in [0.25, 0.3) is 11.0 Å². The average Bonchev–Trinajstić information content (AvgIpc) is 2.60. The number of fused-ring (bicyclic) bond motifs is 1. The van der Waals surface area contributed by atoms with E-state index in [0.29, 0.717) is 16.5 Å². The smallest absolute Gasteiger partial charge is 0.374 e. The number of nitrogens with zero attached hydrogens (tertiary/aromatic N) is 1. The lowest BCUT2D eigenvalue weighted by molar-refractivity contribution is 0.0436. The third kappa shape index (κ3) is 3.18. The van der Waals surface area contributed by atoms with E-state index in [0.717, 1.165) is 17.2 Å². The van der Waals surface area contributed by atoms with Gasteiger partial charge < -0.3 is 9.15 Å². The molecule has 0 unspecified atom stereocenters. The fourth-order valence-electron chi connectivity index (χ4n) is 2.27. The van der Waals surface area contributed by atoms with E-state index >= 15 is 0 Å². The molecule has 0 saturated carbocycles. The van der Waals surface area contributed by atoms with Crippen molar-refractivity contribution < 1.29 is 13.9 Å².